The van der Waals surface area contributed by atoms with Crippen LogP contribution < -0.4 is 5.32 Å². The molecule has 2 heteroatoms. The topological polar surface area (TPSA) is 21.3 Å². The van der Waals surface area contributed by atoms with Crippen molar-refractivity contribution < 1.29 is 4.74 Å². The zero-order valence-corrected chi connectivity index (χ0v) is 10.7. The maximum absolute atomic E-state index is 6.28. The fourth-order valence-corrected chi connectivity index (χ4v) is 2.82. The van der Waals surface area contributed by atoms with Crippen molar-refractivity contribution in [3.63, 3.8) is 0 Å². The fourth-order valence-electron chi connectivity index (χ4n) is 2.82. The van der Waals surface area contributed by atoms with Crippen LogP contribution in [0.15, 0.2) is 0 Å². The molecular weight excluding hydrogens is 186 g/mol. The van der Waals surface area contributed by atoms with Crippen molar-refractivity contribution in [2.45, 2.75) is 71.1 Å². The van der Waals surface area contributed by atoms with Gasteiger partial charge in [0.2, 0.25) is 0 Å². The molecule has 1 heterocycles. The quantitative estimate of drug-likeness (QED) is 0.665. The van der Waals surface area contributed by atoms with E-state index in [1.54, 1.807) is 0 Å². The molecule has 2 nitrogen and oxygen atoms in total. The molecule has 15 heavy (non-hydrogen) atoms. The molecule has 1 spiro atoms. The number of hydrogen-bond donors (Lipinski definition) is 1. The van der Waals surface area contributed by atoms with E-state index in [0.29, 0.717) is 5.41 Å². The van der Waals surface area contributed by atoms with Crippen molar-refractivity contribution in [2.24, 2.45) is 5.41 Å². The van der Waals surface area contributed by atoms with Gasteiger partial charge in [-0.2, -0.15) is 0 Å². The average Bonchev–Trinajstić information content (AvgIpc) is 2.10. The molecule has 0 radical (unpaired) electrons. The van der Waals surface area contributed by atoms with E-state index in [-0.39, 0.29) is 11.3 Å². The Morgan fingerprint density at radius 2 is 1.47 bits per heavy atom. The van der Waals surface area contributed by atoms with E-state index >= 15 is 0 Å². The second-order valence-corrected chi connectivity index (χ2v) is 6.70. The first-order valence-electron chi connectivity index (χ1n) is 6.28. The molecule has 0 unspecified atom stereocenters. The van der Waals surface area contributed by atoms with Gasteiger partial charge in [0.15, 0.2) is 0 Å². The Kier molecular flexibility index (Phi) is 2.63. The summed E-state index contributed by atoms with van der Waals surface area (Å²) in [5.41, 5.74) is 0.571. The summed E-state index contributed by atoms with van der Waals surface area (Å²) in [6, 6.07) is 0. The number of hydrogen-bond acceptors (Lipinski definition) is 2. The third-order valence-electron chi connectivity index (χ3n) is 4.06. The number of nitrogens with one attached hydrogen (secondary N) is 1. The van der Waals surface area contributed by atoms with Gasteiger partial charge in [-0.05, 0) is 51.4 Å². The van der Waals surface area contributed by atoms with E-state index in [0.717, 1.165) is 13.0 Å². The van der Waals surface area contributed by atoms with E-state index in [4.69, 9.17) is 4.74 Å². The van der Waals surface area contributed by atoms with Gasteiger partial charge in [0.05, 0.1) is 5.60 Å². The van der Waals surface area contributed by atoms with Crippen LogP contribution in [0.25, 0.3) is 0 Å². The zero-order chi connectivity index (χ0) is 11.2. The largest absolute Gasteiger partial charge is 0.355 e. The lowest BCUT2D eigenvalue weighted by Crippen LogP contribution is -2.59. The van der Waals surface area contributed by atoms with Crippen LogP contribution in [0.2, 0.25) is 0 Å². The Hall–Kier alpha value is -0.0800. The van der Waals surface area contributed by atoms with Crippen LogP contribution in [-0.2, 0) is 4.74 Å². The summed E-state index contributed by atoms with van der Waals surface area (Å²) < 4.78 is 6.28. The molecule has 0 aromatic carbocycles. The lowest BCUT2D eigenvalue weighted by Gasteiger charge is -2.51. The van der Waals surface area contributed by atoms with Crippen LogP contribution in [0, 0.1) is 5.41 Å². The Labute approximate surface area is 93.8 Å². The highest BCUT2D eigenvalue weighted by molar-refractivity contribution is 4.94. The maximum Gasteiger partial charge on any atom is 0.120 e. The molecular formula is C13H25NO. The molecule has 0 bridgehead atoms. The van der Waals surface area contributed by atoms with Crippen LogP contribution in [0.3, 0.4) is 0 Å². The Bertz CT molecular complexity index is 235. The van der Waals surface area contributed by atoms with Crippen molar-refractivity contribution in [3.05, 3.63) is 0 Å². The zero-order valence-electron chi connectivity index (χ0n) is 10.7. The van der Waals surface area contributed by atoms with Crippen molar-refractivity contribution in [1.82, 2.24) is 5.32 Å². The van der Waals surface area contributed by atoms with E-state index in [9.17, 15) is 0 Å². The van der Waals surface area contributed by atoms with Crippen molar-refractivity contribution in [2.75, 3.05) is 6.54 Å². The summed E-state index contributed by atoms with van der Waals surface area (Å²) in [5, 5.41) is 3.61. The second-order valence-electron chi connectivity index (χ2n) is 6.70. The van der Waals surface area contributed by atoms with Gasteiger partial charge in [-0.1, -0.05) is 13.8 Å². The summed E-state index contributed by atoms with van der Waals surface area (Å²) in [5.74, 6) is 0. The monoisotopic (exact) mass is 211 g/mol. The van der Waals surface area contributed by atoms with Crippen LogP contribution >= 0.6 is 0 Å². The van der Waals surface area contributed by atoms with E-state index in [1.807, 2.05) is 0 Å². The van der Waals surface area contributed by atoms with Crippen molar-refractivity contribution in [3.8, 4) is 0 Å². The van der Waals surface area contributed by atoms with Gasteiger partial charge < -0.3 is 4.74 Å². The normalized spacial score (nSPS) is 32.8. The summed E-state index contributed by atoms with van der Waals surface area (Å²) in [4.78, 5) is 0. The molecule has 0 amide bonds. The maximum atomic E-state index is 6.28. The first-order valence-corrected chi connectivity index (χ1v) is 6.28. The molecule has 0 aromatic rings. The SMILES string of the molecule is CC1(C)CCC2(CC1)NCCC(C)(C)O2. The molecule has 0 aromatic heterocycles. The highest BCUT2D eigenvalue weighted by Crippen LogP contribution is 2.43. The van der Waals surface area contributed by atoms with E-state index in [2.05, 4.69) is 33.0 Å². The van der Waals surface area contributed by atoms with Gasteiger partial charge in [0, 0.05) is 6.54 Å². The summed E-state index contributed by atoms with van der Waals surface area (Å²) >= 11 is 0. The minimum Gasteiger partial charge on any atom is -0.355 e. The number of ether oxygens (including phenoxy) is 1. The third-order valence-corrected chi connectivity index (χ3v) is 4.06. The minimum atomic E-state index is -0.00271. The molecule has 1 N–H and O–H groups in total. The first-order chi connectivity index (χ1) is 6.83. The van der Waals surface area contributed by atoms with Crippen LogP contribution in [-0.4, -0.2) is 17.9 Å². The van der Waals surface area contributed by atoms with Crippen molar-refractivity contribution >= 4 is 0 Å². The van der Waals surface area contributed by atoms with Gasteiger partial charge in [-0.3, -0.25) is 5.32 Å². The summed E-state index contributed by atoms with van der Waals surface area (Å²) in [6.45, 7) is 10.3. The summed E-state index contributed by atoms with van der Waals surface area (Å²) in [7, 11) is 0. The van der Waals surface area contributed by atoms with Gasteiger partial charge in [0.1, 0.15) is 5.72 Å². The van der Waals surface area contributed by atoms with Gasteiger partial charge >= 0.3 is 0 Å². The Balaban J connectivity index is 2.03. The Morgan fingerprint density at radius 1 is 0.867 bits per heavy atom. The van der Waals surface area contributed by atoms with Crippen LogP contribution in [0.4, 0.5) is 0 Å². The Morgan fingerprint density at radius 3 is 2.00 bits per heavy atom. The molecule has 2 aliphatic rings. The molecule has 1 aliphatic heterocycles. The lowest BCUT2D eigenvalue weighted by molar-refractivity contribution is -0.206. The van der Waals surface area contributed by atoms with Crippen molar-refractivity contribution in [1.29, 1.82) is 0 Å². The third kappa shape index (κ3) is 2.54. The van der Waals surface area contributed by atoms with Gasteiger partial charge in [-0.25, -0.2) is 0 Å². The molecule has 2 fully saturated rings. The highest BCUT2D eigenvalue weighted by atomic mass is 16.5. The summed E-state index contributed by atoms with van der Waals surface area (Å²) in [6.07, 6.45) is 6.01. The van der Waals surface area contributed by atoms with Crippen LogP contribution in [0.1, 0.15) is 59.8 Å². The van der Waals surface area contributed by atoms with Gasteiger partial charge in [0.25, 0.3) is 0 Å². The molecule has 2 rings (SSSR count). The van der Waals surface area contributed by atoms with Crippen LogP contribution in [0.5, 0.6) is 0 Å². The van der Waals surface area contributed by atoms with Gasteiger partial charge in [-0.15, -0.1) is 0 Å². The second kappa shape index (κ2) is 3.46. The smallest absolute Gasteiger partial charge is 0.120 e. The van der Waals surface area contributed by atoms with E-state index < -0.39 is 0 Å². The fraction of sp³-hybridized carbons (Fsp3) is 1.00. The van der Waals surface area contributed by atoms with E-state index in [1.165, 1.54) is 25.7 Å². The molecule has 1 saturated heterocycles. The average molecular weight is 211 g/mol. The first kappa shape index (κ1) is 11.4. The predicted octanol–water partition coefficient (Wildman–Crippen LogP) is 3.07. The number of rotatable bonds is 0. The minimum absolute atomic E-state index is 0.00271. The molecule has 88 valence electrons. The highest BCUT2D eigenvalue weighted by Gasteiger charge is 2.44. The molecule has 1 aliphatic carbocycles. The molecule has 1 saturated carbocycles. The lowest BCUT2D eigenvalue weighted by atomic mass is 9.73. The standard InChI is InChI=1S/C13H25NO/c1-11(2)5-7-13(8-6-11)14-10-9-12(3,4)15-13/h14H,5-10H2,1-4H3. The predicted molar refractivity (Wildman–Crippen MR) is 62.8 cm³/mol. The molecule has 0 atom stereocenters.